The lowest BCUT2D eigenvalue weighted by Gasteiger charge is -2.09. The molecule has 2 rings (SSSR count). The molecule has 0 unspecified atom stereocenters. The minimum atomic E-state index is 0.316. The predicted octanol–water partition coefficient (Wildman–Crippen LogP) is 3.28. The Labute approximate surface area is 101 Å². The van der Waals surface area contributed by atoms with Gasteiger partial charge in [-0.05, 0) is 30.5 Å². The standard InChI is InChI=1S/C14H16N2O/c1-9(2)12-5-4-11(7-14(12)17)13-6-10(3)15-8-16-13/h4-9,17H,1-3H3. The number of benzene rings is 1. The Morgan fingerprint density at radius 1 is 1.12 bits per heavy atom. The molecule has 1 aromatic carbocycles. The molecular weight excluding hydrogens is 212 g/mol. The first-order valence-corrected chi connectivity index (χ1v) is 5.70. The highest BCUT2D eigenvalue weighted by Crippen LogP contribution is 2.29. The monoisotopic (exact) mass is 228 g/mol. The summed E-state index contributed by atoms with van der Waals surface area (Å²) in [5.41, 5.74) is 3.63. The van der Waals surface area contributed by atoms with Crippen molar-refractivity contribution in [2.45, 2.75) is 26.7 Å². The van der Waals surface area contributed by atoms with E-state index < -0.39 is 0 Å². The number of phenols is 1. The summed E-state index contributed by atoms with van der Waals surface area (Å²) in [6, 6.07) is 7.60. The Balaban J connectivity index is 2.44. The molecule has 0 saturated heterocycles. The first-order valence-electron chi connectivity index (χ1n) is 5.70. The van der Waals surface area contributed by atoms with Crippen molar-refractivity contribution in [1.82, 2.24) is 9.97 Å². The molecule has 1 aromatic heterocycles. The van der Waals surface area contributed by atoms with Crippen LogP contribution in [0.1, 0.15) is 31.0 Å². The zero-order chi connectivity index (χ0) is 12.4. The Hall–Kier alpha value is -1.90. The SMILES string of the molecule is Cc1cc(-c2ccc(C(C)C)c(O)c2)ncn1. The summed E-state index contributed by atoms with van der Waals surface area (Å²) >= 11 is 0. The summed E-state index contributed by atoms with van der Waals surface area (Å²) in [5, 5.41) is 9.95. The molecule has 0 fully saturated rings. The van der Waals surface area contributed by atoms with E-state index >= 15 is 0 Å². The lowest BCUT2D eigenvalue weighted by atomic mass is 9.99. The van der Waals surface area contributed by atoms with E-state index in [1.165, 1.54) is 6.33 Å². The van der Waals surface area contributed by atoms with Crippen LogP contribution < -0.4 is 0 Å². The molecule has 0 saturated carbocycles. The minimum Gasteiger partial charge on any atom is -0.508 e. The third-order valence-corrected chi connectivity index (χ3v) is 2.75. The van der Waals surface area contributed by atoms with E-state index in [2.05, 4.69) is 23.8 Å². The van der Waals surface area contributed by atoms with Crippen molar-refractivity contribution >= 4 is 0 Å². The van der Waals surface area contributed by atoms with Gasteiger partial charge in [-0.15, -0.1) is 0 Å². The molecule has 3 heteroatoms. The van der Waals surface area contributed by atoms with Gasteiger partial charge >= 0.3 is 0 Å². The van der Waals surface area contributed by atoms with Crippen LogP contribution in [0.3, 0.4) is 0 Å². The van der Waals surface area contributed by atoms with E-state index in [1.54, 1.807) is 6.07 Å². The van der Waals surface area contributed by atoms with Crippen molar-refractivity contribution < 1.29 is 5.11 Å². The highest BCUT2D eigenvalue weighted by Gasteiger charge is 2.08. The van der Waals surface area contributed by atoms with Gasteiger partial charge in [0.15, 0.2) is 0 Å². The van der Waals surface area contributed by atoms with Gasteiger partial charge in [-0.3, -0.25) is 0 Å². The molecule has 1 N–H and O–H groups in total. The number of aryl methyl sites for hydroxylation is 1. The van der Waals surface area contributed by atoms with Crippen molar-refractivity contribution in [2.75, 3.05) is 0 Å². The molecule has 0 amide bonds. The Morgan fingerprint density at radius 2 is 1.88 bits per heavy atom. The largest absolute Gasteiger partial charge is 0.508 e. The van der Waals surface area contributed by atoms with Gasteiger partial charge in [-0.25, -0.2) is 9.97 Å². The van der Waals surface area contributed by atoms with Crippen molar-refractivity contribution in [2.24, 2.45) is 0 Å². The number of hydrogen-bond acceptors (Lipinski definition) is 3. The van der Waals surface area contributed by atoms with Crippen LogP contribution in [0, 0.1) is 6.92 Å². The summed E-state index contributed by atoms with van der Waals surface area (Å²) in [6.45, 7) is 6.04. The molecule has 0 bridgehead atoms. The third kappa shape index (κ3) is 2.44. The summed E-state index contributed by atoms with van der Waals surface area (Å²) in [6.07, 6.45) is 1.54. The smallest absolute Gasteiger partial charge is 0.119 e. The fourth-order valence-corrected chi connectivity index (χ4v) is 1.80. The van der Waals surface area contributed by atoms with Crippen LogP contribution in [0.2, 0.25) is 0 Å². The topological polar surface area (TPSA) is 46.0 Å². The zero-order valence-electron chi connectivity index (χ0n) is 10.3. The van der Waals surface area contributed by atoms with Crippen LogP contribution >= 0.6 is 0 Å². The second-order valence-electron chi connectivity index (χ2n) is 4.47. The third-order valence-electron chi connectivity index (χ3n) is 2.75. The van der Waals surface area contributed by atoms with E-state index in [4.69, 9.17) is 0 Å². The van der Waals surface area contributed by atoms with Crippen LogP contribution in [0.25, 0.3) is 11.3 Å². The maximum absolute atomic E-state index is 9.95. The number of hydrogen-bond donors (Lipinski definition) is 1. The molecule has 0 atom stereocenters. The number of aromatic hydroxyl groups is 1. The Morgan fingerprint density at radius 3 is 2.47 bits per heavy atom. The van der Waals surface area contributed by atoms with E-state index in [9.17, 15) is 5.11 Å². The van der Waals surface area contributed by atoms with Crippen LogP contribution in [0.4, 0.5) is 0 Å². The molecular formula is C14H16N2O. The predicted molar refractivity (Wildman–Crippen MR) is 68.0 cm³/mol. The molecule has 0 radical (unpaired) electrons. The fraction of sp³-hybridized carbons (Fsp3) is 0.286. The van der Waals surface area contributed by atoms with Crippen LogP contribution in [0.15, 0.2) is 30.6 Å². The molecule has 0 aliphatic rings. The fourth-order valence-electron chi connectivity index (χ4n) is 1.80. The van der Waals surface area contributed by atoms with Gasteiger partial charge in [-0.2, -0.15) is 0 Å². The van der Waals surface area contributed by atoms with Gasteiger partial charge in [0.05, 0.1) is 5.69 Å². The summed E-state index contributed by atoms with van der Waals surface area (Å²) < 4.78 is 0. The van der Waals surface area contributed by atoms with Crippen molar-refractivity contribution in [1.29, 1.82) is 0 Å². The molecule has 2 aromatic rings. The lowest BCUT2D eigenvalue weighted by Crippen LogP contribution is -1.91. The van der Waals surface area contributed by atoms with Crippen LogP contribution in [-0.4, -0.2) is 15.1 Å². The minimum absolute atomic E-state index is 0.316. The number of nitrogens with zero attached hydrogens (tertiary/aromatic N) is 2. The molecule has 0 spiro atoms. The summed E-state index contributed by atoms with van der Waals surface area (Å²) in [4.78, 5) is 8.26. The van der Waals surface area contributed by atoms with E-state index in [0.29, 0.717) is 11.7 Å². The van der Waals surface area contributed by atoms with Crippen molar-refractivity contribution in [3.05, 3.63) is 41.9 Å². The van der Waals surface area contributed by atoms with Gasteiger partial charge in [0, 0.05) is 11.3 Å². The highest BCUT2D eigenvalue weighted by atomic mass is 16.3. The van der Waals surface area contributed by atoms with Gasteiger partial charge < -0.3 is 5.11 Å². The first-order chi connectivity index (χ1) is 8.08. The summed E-state index contributed by atoms with van der Waals surface area (Å²) in [7, 11) is 0. The number of aromatic nitrogens is 2. The average molecular weight is 228 g/mol. The average Bonchev–Trinajstić information content (AvgIpc) is 2.28. The zero-order valence-corrected chi connectivity index (χ0v) is 10.3. The van der Waals surface area contributed by atoms with E-state index in [0.717, 1.165) is 22.5 Å². The van der Waals surface area contributed by atoms with Crippen LogP contribution in [0.5, 0.6) is 5.75 Å². The molecule has 3 nitrogen and oxygen atoms in total. The van der Waals surface area contributed by atoms with E-state index in [-0.39, 0.29) is 0 Å². The van der Waals surface area contributed by atoms with Gasteiger partial charge in [-0.1, -0.05) is 26.0 Å². The van der Waals surface area contributed by atoms with Gasteiger partial charge in [0.2, 0.25) is 0 Å². The van der Waals surface area contributed by atoms with Crippen LogP contribution in [-0.2, 0) is 0 Å². The molecule has 88 valence electrons. The van der Waals surface area contributed by atoms with Crippen molar-refractivity contribution in [3.63, 3.8) is 0 Å². The highest BCUT2D eigenvalue weighted by molar-refractivity contribution is 5.62. The molecule has 1 heterocycles. The molecule has 0 aliphatic heterocycles. The normalized spacial score (nSPS) is 10.8. The van der Waals surface area contributed by atoms with Gasteiger partial charge in [0.1, 0.15) is 12.1 Å². The number of phenolic OH excluding ortho intramolecular Hbond substituents is 1. The maximum Gasteiger partial charge on any atom is 0.119 e. The second kappa shape index (κ2) is 4.53. The summed E-state index contributed by atoms with van der Waals surface area (Å²) in [5.74, 6) is 0.643. The van der Waals surface area contributed by atoms with Gasteiger partial charge in [0.25, 0.3) is 0 Å². The maximum atomic E-state index is 9.95. The van der Waals surface area contributed by atoms with E-state index in [1.807, 2.05) is 25.1 Å². The molecule has 0 aliphatic carbocycles. The Kier molecular flexibility index (Phi) is 3.09. The van der Waals surface area contributed by atoms with Crippen molar-refractivity contribution in [3.8, 4) is 17.0 Å². The molecule has 17 heavy (non-hydrogen) atoms. The Bertz CT molecular complexity index is 535. The number of rotatable bonds is 2. The first kappa shape index (κ1) is 11.6. The quantitative estimate of drug-likeness (QED) is 0.858. The second-order valence-corrected chi connectivity index (χ2v) is 4.47. The lowest BCUT2D eigenvalue weighted by molar-refractivity contribution is 0.465.